The molecule has 35 heavy (non-hydrogen) atoms. The van der Waals surface area contributed by atoms with Crippen molar-refractivity contribution < 1.29 is 14.3 Å². The van der Waals surface area contributed by atoms with E-state index in [1.54, 1.807) is 6.20 Å². The van der Waals surface area contributed by atoms with Crippen LogP contribution in [0.2, 0.25) is 0 Å². The van der Waals surface area contributed by atoms with Gasteiger partial charge in [-0.25, -0.2) is 9.97 Å². The molecule has 2 heterocycles. The van der Waals surface area contributed by atoms with Crippen LogP contribution in [0.1, 0.15) is 62.8 Å². The lowest BCUT2D eigenvalue weighted by molar-refractivity contribution is -0.146. The molecule has 1 aromatic carbocycles. The summed E-state index contributed by atoms with van der Waals surface area (Å²) < 4.78 is 4.97. The Morgan fingerprint density at radius 2 is 1.91 bits per heavy atom. The molecular formula is C27H39N5O3. The fraction of sp³-hybridized carbons (Fsp3) is 0.556. The summed E-state index contributed by atoms with van der Waals surface area (Å²) in [5.74, 6) is 0.796. The van der Waals surface area contributed by atoms with Crippen LogP contribution in [-0.2, 0) is 21.5 Å². The third-order valence-electron chi connectivity index (χ3n) is 6.12. The van der Waals surface area contributed by atoms with E-state index in [1.807, 2.05) is 35.2 Å². The van der Waals surface area contributed by atoms with Crippen LogP contribution in [-0.4, -0.2) is 59.5 Å². The molecule has 0 bridgehead atoms. The number of benzene rings is 1. The third kappa shape index (κ3) is 7.01. The zero-order valence-corrected chi connectivity index (χ0v) is 21.8. The highest BCUT2D eigenvalue weighted by atomic mass is 16.5. The molecule has 1 aromatic heterocycles. The second kappa shape index (κ2) is 11.6. The van der Waals surface area contributed by atoms with Crippen molar-refractivity contribution >= 4 is 17.7 Å². The lowest BCUT2D eigenvalue weighted by atomic mass is 9.93. The zero-order chi connectivity index (χ0) is 25.6. The van der Waals surface area contributed by atoms with Gasteiger partial charge < -0.3 is 20.3 Å². The Morgan fingerprint density at radius 1 is 1.20 bits per heavy atom. The molecule has 190 valence electrons. The highest BCUT2D eigenvalue weighted by molar-refractivity contribution is 5.98. The minimum absolute atomic E-state index is 0.132. The largest absolute Gasteiger partial charge is 0.469 e. The number of anilines is 1. The van der Waals surface area contributed by atoms with Crippen LogP contribution in [0.15, 0.2) is 36.5 Å². The van der Waals surface area contributed by atoms with Gasteiger partial charge in [-0.15, -0.1) is 0 Å². The average Bonchev–Trinajstić information content (AvgIpc) is 2.85. The van der Waals surface area contributed by atoms with Crippen LogP contribution in [0, 0.1) is 11.8 Å². The maximum atomic E-state index is 14.0. The number of nitrogens with one attached hydrogen (secondary N) is 2. The van der Waals surface area contributed by atoms with E-state index in [0.717, 1.165) is 5.56 Å². The van der Waals surface area contributed by atoms with Gasteiger partial charge in [0.15, 0.2) is 0 Å². The first-order chi connectivity index (χ1) is 16.6. The Balaban J connectivity index is 1.93. The number of hydrogen-bond acceptors (Lipinski definition) is 7. The summed E-state index contributed by atoms with van der Waals surface area (Å²) in [4.78, 5) is 37.4. The summed E-state index contributed by atoms with van der Waals surface area (Å²) in [6.07, 6.45) is 2.20. The van der Waals surface area contributed by atoms with Gasteiger partial charge in [-0.05, 0) is 17.9 Å². The maximum absolute atomic E-state index is 14.0. The van der Waals surface area contributed by atoms with E-state index in [9.17, 15) is 9.59 Å². The van der Waals surface area contributed by atoms with Crippen molar-refractivity contribution in [2.24, 2.45) is 11.8 Å². The summed E-state index contributed by atoms with van der Waals surface area (Å²) in [5, 5.41) is 6.69. The van der Waals surface area contributed by atoms with Crippen molar-refractivity contribution in [2.75, 3.05) is 32.1 Å². The summed E-state index contributed by atoms with van der Waals surface area (Å²) in [6.45, 7) is 12.6. The average molecular weight is 482 g/mol. The number of carbonyl (C=O) groups is 2. The van der Waals surface area contributed by atoms with Crippen LogP contribution in [0.25, 0.3) is 0 Å². The van der Waals surface area contributed by atoms with Crippen LogP contribution in [0.5, 0.6) is 0 Å². The third-order valence-corrected chi connectivity index (χ3v) is 6.12. The zero-order valence-electron chi connectivity index (χ0n) is 21.8. The van der Waals surface area contributed by atoms with Crippen molar-refractivity contribution in [3.63, 3.8) is 0 Å². The molecule has 0 unspecified atom stereocenters. The second-order valence-electron chi connectivity index (χ2n) is 10.7. The van der Waals surface area contributed by atoms with Crippen molar-refractivity contribution in [3.05, 3.63) is 53.5 Å². The van der Waals surface area contributed by atoms with E-state index in [-0.39, 0.29) is 35.2 Å². The molecule has 1 fully saturated rings. The van der Waals surface area contributed by atoms with E-state index in [0.29, 0.717) is 49.8 Å². The van der Waals surface area contributed by atoms with Crippen LogP contribution < -0.4 is 10.6 Å². The minimum Gasteiger partial charge on any atom is -0.469 e. The molecule has 1 amide bonds. The molecule has 2 atom stereocenters. The van der Waals surface area contributed by atoms with Gasteiger partial charge in [0.2, 0.25) is 0 Å². The van der Waals surface area contributed by atoms with E-state index in [4.69, 9.17) is 9.72 Å². The lowest BCUT2D eigenvalue weighted by Crippen LogP contribution is -2.53. The van der Waals surface area contributed by atoms with Crippen molar-refractivity contribution in [2.45, 2.75) is 59.0 Å². The van der Waals surface area contributed by atoms with E-state index < -0.39 is 0 Å². The van der Waals surface area contributed by atoms with E-state index in [2.05, 4.69) is 50.2 Å². The number of amides is 1. The van der Waals surface area contributed by atoms with Gasteiger partial charge in [0.05, 0.1) is 13.0 Å². The predicted octanol–water partition coefficient (Wildman–Crippen LogP) is 3.64. The molecule has 1 saturated heterocycles. The second-order valence-corrected chi connectivity index (χ2v) is 10.7. The highest BCUT2D eigenvalue weighted by Gasteiger charge is 2.35. The van der Waals surface area contributed by atoms with Gasteiger partial charge in [-0.1, -0.05) is 65.0 Å². The fourth-order valence-electron chi connectivity index (χ4n) is 4.26. The number of nitrogens with zero attached hydrogens (tertiary/aromatic N) is 3. The van der Waals surface area contributed by atoms with Gasteiger partial charge in [0.25, 0.3) is 5.91 Å². The fourth-order valence-corrected chi connectivity index (χ4v) is 4.26. The van der Waals surface area contributed by atoms with Crippen LogP contribution in [0.4, 0.5) is 5.82 Å². The van der Waals surface area contributed by atoms with Gasteiger partial charge in [-0.2, -0.15) is 0 Å². The molecule has 8 nitrogen and oxygen atoms in total. The standard InChI is InChI=1S/C27H39N5O3/c1-18(2)17-32(21-12-20(14-28-15-21)25(34)35-6)24(33)22-16-30-26(27(3,4)5)31-23(22)29-13-19-10-8-7-9-11-19/h7-11,16,18,20-21,28H,12-15,17H2,1-6H3,(H,29,30,31)/t20-,21+/m1/s1. The Labute approximate surface area is 208 Å². The molecule has 1 aliphatic heterocycles. The molecule has 2 N–H and O–H groups in total. The number of ether oxygens (including phenoxy) is 1. The Hall–Kier alpha value is -3.00. The quantitative estimate of drug-likeness (QED) is 0.556. The van der Waals surface area contributed by atoms with Crippen molar-refractivity contribution in [1.82, 2.24) is 20.2 Å². The Morgan fingerprint density at radius 3 is 2.54 bits per heavy atom. The van der Waals surface area contributed by atoms with Crippen LogP contribution in [0.3, 0.4) is 0 Å². The first kappa shape index (κ1) is 26.6. The van der Waals surface area contributed by atoms with Gasteiger partial charge in [0, 0.05) is 43.8 Å². The summed E-state index contributed by atoms with van der Waals surface area (Å²) >= 11 is 0. The topological polar surface area (TPSA) is 96.5 Å². The van der Waals surface area contributed by atoms with Gasteiger partial charge >= 0.3 is 5.97 Å². The lowest BCUT2D eigenvalue weighted by Gasteiger charge is -2.38. The summed E-state index contributed by atoms with van der Waals surface area (Å²) in [5.41, 5.74) is 1.27. The van der Waals surface area contributed by atoms with Crippen molar-refractivity contribution in [1.29, 1.82) is 0 Å². The molecule has 0 spiro atoms. The molecule has 3 rings (SSSR count). The number of methoxy groups -OCH3 is 1. The Bertz CT molecular complexity index is 1000. The number of carbonyl (C=O) groups excluding carboxylic acids is 2. The normalized spacial score (nSPS) is 18.3. The van der Waals surface area contributed by atoms with E-state index in [1.165, 1.54) is 7.11 Å². The minimum atomic E-state index is -0.281. The first-order valence-corrected chi connectivity index (χ1v) is 12.3. The van der Waals surface area contributed by atoms with Gasteiger partial charge in [0.1, 0.15) is 17.2 Å². The summed E-state index contributed by atoms with van der Waals surface area (Å²) in [7, 11) is 1.40. The number of hydrogen-bond donors (Lipinski definition) is 2. The SMILES string of the molecule is COC(=O)[C@H]1CNC[C@@H](N(CC(C)C)C(=O)c2cnc(C(C)(C)C)nc2NCc2ccccc2)C1. The van der Waals surface area contributed by atoms with Gasteiger partial charge in [-0.3, -0.25) is 9.59 Å². The monoisotopic (exact) mass is 481 g/mol. The molecule has 1 aliphatic rings. The smallest absolute Gasteiger partial charge is 0.310 e. The number of rotatable bonds is 8. The Kier molecular flexibility index (Phi) is 8.83. The molecule has 0 saturated carbocycles. The maximum Gasteiger partial charge on any atom is 0.310 e. The number of piperidine rings is 1. The molecule has 0 radical (unpaired) electrons. The molecule has 2 aromatic rings. The molecule has 8 heteroatoms. The number of aromatic nitrogens is 2. The van der Waals surface area contributed by atoms with E-state index >= 15 is 0 Å². The number of esters is 1. The predicted molar refractivity (Wildman–Crippen MR) is 137 cm³/mol. The molecular weight excluding hydrogens is 442 g/mol. The highest BCUT2D eigenvalue weighted by Crippen LogP contribution is 2.26. The molecule has 0 aliphatic carbocycles. The summed E-state index contributed by atoms with van der Waals surface area (Å²) in [6, 6.07) is 9.89. The van der Waals surface area contributed by atoms with Crippen molar-refractivity contribution in [3.8, 4) is 0 Å². The van der Waals surface area contributed by atoms with Crippen LogP contribution >= 0.6 is 0 Å². The first-order valence-electron chi connectivity index (χ1n) is 12.3.